The standard InChI is InChI=1S/C14H19FN2O2S/c1-10(2)17-14(19)9-16-13(18)7-8-20-12-5-3-11(15)4-6-12/h3-6,10H,7-9H2,1-2H3,(H,16,18)(H,17,19). The molecule has 0 radical (unpaired) electrons. The van der Waals surface area contributed by atoms with E-state index < -0.39 is 0 Å². The molecule has 0 bridgehead atoms. The highest BCUT2D eigenvalue weighted by atomic mass is 32.2. The zero-order valence-corrected chi connectivity index (χ0v) is 12.4. The van der Waals surface area contributed by atoms with E-state index in [4.69, 9.17) is 0 Å². The van der Waals surface area contributed by atoms with Gasteiger partial charge in [-0.2, -0.15) is 0 Å². The van der Waals surface area contributed by atoms with Crippen molar-refractivity contribution in [2.24, 2.45) is 0 Å². The fourth-order valence-corrected chi connectivity index (χ4v) is 2.28. The first-order valence-electron chi connectivity index (χ1n) is 6.42. The molecule has 0 spiro atoms. The number of halogens is 1. The summed E-state index contributed by atoms with van der Waals surface area (Å²) in [7, 11) is 0. The molecule has 1 rings (SSSR count). The van der Waals surface area contributed by atoms with Crippen molar-refractivity contribution < 1.29 is 14.0 Å². The van der Waals surface area contributed by atoms with Crippen LogP contribution in [0.2, 0.25) is 0 Å². The van der Waals surface area contributed by atoms with Crippen LogP contribution in [0.3, 0.4) is 0 Å². The first kappa shape index (κ1) is 16.5. The molecular weight excluding hydrogens is 279 g/mol. The summed E-state index contributed by atoms with van der Waals surface area (Å²) in [6.07, 6.45) is 0.316. The number of rotatable bonds is 7. The SMILES string of the molecule is CC(C)NC(=O)CNC(=O)CCSc1ccc(F)cc1. The van der Waals surface area contributed by atoms with Gasteiger partial charge in [0.25, 0.3) is 0 Å². The van der Waals surface area contributed by atoms with Crippen LogP contribution in [0.4, 0.5) is 4.39 Å². The van der Waals surface area contributed by atoms with E-state index in [-0.39, 0.29) is 30.2 Å². The Morgan fingerprint density at radius 3 is 2.45 bits per heavy atom. The van der Waals surface area contributed by atoms with Gasteiger partial charge in [-0.25, -0.2) is 4.39 Å². The summed E-state index contributed by atoms with van der Waals surface area (Å²) >= 11 is 1.47. The lowest BCUT2D eigenvalue weighted by Crippen LogP contribution is -2.39. The first-order valence-corrected chi connectivity index (χ1v) is 7.40. The fraction of sp³-hybridized carbons (Fsp3) is 0.429. The molecule has 1 aromatic rings. The van der Waals surface area contributed by atoms with Gasteiger partial charge in [0.15, 0.2) is 0 Å². The molecule has 0 saturated heterocycles. The number of thioether (sulfide) groups is 1. The Balaban J connectivity index is 2.17. The van der Waals surface area contributed by atoms with Crippen LogP contribution in [0, 0.1) is 5.82 Å². The van der Waals surface area contributed by atoms with Gasteiger partial charge in [0.2, 0.25) is 11.8 Å². The summed E-state index contributed by atoms with van der Waals surface area (Å²) in [6.45, 7) is 3.72. The van der Waals surface area contributed by atoms with E-state index in [0.717, 1.165) is 4.90 Å². The predicted molar refractivity (Wildman–Crippen MR) is 78.0 cm³/mol. The third kappa shape index (κ3) is 7.13. The van der Waals surface area contributed by atoms with Gasteiger partial charge in [-0.3, -0.25) is 9.59 Å². The second-order valence-corrected chi connectivity index (χ2v) is 5.72. The van der Waals surface area contributed by atoms with Crippen molar-refractivity contribution >= 4 is 23.6 Å². The quantitative estimate of drug-likeness (QED) is 0.757. The molecule has 0 aliphatic carbocycles. The Labute approximate surface area is 122 Å². The highest BCUT2D eigenvalue weighted by Gasteiger charge is 2.06. The minimum Gasteiger partial charge on any atom is -0.352 e. The first-order chi connectivity index (χ1) is 9.47. The normalized spacial score (nSPS) is 10.4. The molecule has 2 N–H and O–H groups in total. The maximum Gasteiger partial charge on any atom is 0.239 e. The lowest BCUT2D eigenvalue weighted by molar-refractivity contribution is -0.126. The van der Waals surface area contributed by atoms with Gasteiger partial charge in [-0.15, -0.1) is 11.8 Å². The van der Waals surface area contributed by atoms with E-state index in [1.165, 1.54) is 23.9 Å². The van der Waals surface area contributed by atoms with Crippen LogP contribution >= 0.6 is 11.8 Å². The third-order valence-electron chi connectivity index (χ3n) is 2.31. The van der Waals surface area contributed by atoms with E-state index in [0.29, 0.717) is 12.2 Å². The second kappa shape index (κ2) is 8.58. The fourth-order valence-electron chi connectivity index (χ4n) is 1.43. The predicted octanol–water partition coefficient (Wildman–Crippen LogP) is 1.95. The van der Waals surface area contributed by atoms with Crippen molar-refractivity contribution in [3.8, 4) is 0 Å². The average molecular weight is 298 g/mol. The third-order valence-corrected chi connectivity index (χ3v) is 3.32. The van der Waals surface area contributed by atoms with Gasteiger partial charge in [0, 0.05) is 23.1 Å². The Hall–Kier alpha value is -1.56. The van der Waals surface area contributed by atoms with Crippen molar-refractivity contribution in [1.82, 2.24) is 10.6 Å². The zero-order valence-electron chi connectivity index (χ0n) is 11.6. The number of hydrogen-bond acceptors (Lipinski definition) is 3. The van der Waals surface area contributed by atoms with E-state index >= 15 is 0 Å². The second-order valence-electron chi connectivity index (χ2n) is 4.55. The molecule has 6 heteroatoms. The Bertz CT molecular complexity index is 449. The number of nitrogens with one attached hydrogen (secondary N) is 2. The summed E-state index contributed by atoms with van der Waals surface area (Å²) in [5.74, 6) is -0.0511. The molecule has 0 aliphatic heterocycles. The van der Waals surface area contributed by atoms with Crippen LogP contribution in [-0.2, 0) is 9.59 Å². The molecule has 0 heterocycles. The van der Waals surface area contributed by atoms with Gasteiger partial charge in [0.1, 0.15) is 5.82 Å². The number of amides is 2. The molecule has 2 amide bonds. The summed E-state index contributed by atoms with van der Waals surface area (Å²) in [4.78, 5) is 23.7. The monoisotopic (exact) mass is 298 g/mol. The lowest BCUT2D eigenvalue weighted by atomic mass is 10.3. The van der Waals surface area contributed by atoms with Crippen LogP contribution in [0.15, 0.2) is 29.2 Å². The molecule has 20 heavy (non-hydrogen) atoms. The zero-order chi connectivity index (χ0) is 15.0. The minimum absolute atomic E-state index is 0.00176. The van der Waals surface area contributed by atoms with Gasteiger partial charge < -0.3 is 10.6 Å². The van der Waals surface area contributed by atoms with E-state index in [1.54, 1.807) is 12.1 Å². The van der Waals surface area contributed by atoms with Crippen LogP contribution in [0.1, 0.15) is 20.3 Å². The maximum absolute atomic E-state index is 12.7. The molecule has 0 atom stereocenters. The molecular formula is C14H19FN2O2S. The molecule has 0 aromatic heterocycles. The highest BCUT2D eigenvalue weighted by molar-refractivity contribution is 7.99. The van der Waals surface area contributed by atoms with E-state index in [2.05, 4.69) is 10.6 Å². The molecule has 0 unspecified atom stereocenters. The summed E-state index contributed by atoms with van der Waals surface area (Å²) in [5.41, 5.74) is 0. The molecule has 0 fully saturated rings. The van der Waals surface area contributed by atoms with E-state index in [9.17, 15) is 14.0 Å². The Morgan fingerprint density at radius 1 is 1.20 bits per heavy atom. The number of hydrogen-bond donors (Lipinski definition) is 2. The van der Waals surface area contributed by atoms with Gasteiger partial charge in [-0.1, -0.05) is 0 Å². The number of benzene rings is 1. The van der Waals surface area contributed by atoms with E-state index in [1.807, 2.05) is 13.8 Å². The van der Waals surface area contributed by atoms with Crippen LogP contribution < -0.4 is 10.6 Å². The Kier molecular flexibility index (Phi) is 7.08. The van der Waals surface area contributed by atoms with Crippen LogP contribution in [0.25, 0.3) is 0 Å². The van der Waals surface area contributed by atoms with Crippen molar-refractivity contribution in [3.63, 3.8) is 0 Å². The van der Waals surface area contributed by atoms with Gasteiger partial charge in [0.05, 0.1) is 6.54 Å². The topological polar surface area (TPSA) is 58.2 Å². The molecule has 110 valence electrons. The van der Waals surface area contributed by atoms with Gasteiger partial charge in [-0.05, 0) is 38.1 Å². The smallest absolute Gasteiger partial charge is 0.239 e. The molecule has 1 aromatic carbocycles. The number of carbonyl (C=O) groups is 2. The summed E-state index contributed by atoms with van der Waals surface area (Å²) in [6, 6.07) is 6.19. The number of carbonyl (C=O) groups excluding carboxylic acids is 2. The molecule has 4 nitrogen and oxygen atoms in total. The average Bonchev–Trinajstić information content (AvgIpc) is 2.38. The van der Waals surface area contributed by atoms with Crippen molar-refractivity contribution in [2.45, 2.75) is 31.2 Å². The summed E-state index contributed by atoms with van der Waals surface area (Å²) in [5, 5.41) is 5.25. The largest absolute Gasteiger partial charge is 0.352 e. The Morgan fingerprint density at radius 2 is 1.85 bits per heavy atom. The lowest BCUT2D eigenvalue weighted by Gasteiger charge is -2.09. The minimum atomic E-state index is -0.275. The van der Waals surface area contributed by atoms with Crippen LogP contribution in [-0.4, -0.2) is 30.2 Å². The summed E-state index contributed by atoms with van der Waals surface area (Å²) < 4.78 is 12.7. The van der Waals surface area contributed by atoms with Crippen LogP contribution in [0.5, 0.6) is 0 Å². The van der Waals surface area contributed by atoms with Crippen molar-refractivity contribution in [1.29, 1.82) is 0 Å². The van der Waals surface area contributed by atoms with Crippen molar-refractivity contribution in [2.75, 3.05) is 12.3 Å². The molecule has 0 aliphatic rings. The van der Waals surface area contributed by atoms with Crippen molar-refractivity contribution in [3.05, 3.63) is 30.1 Å². The highest BCUT2D eigenvalue weighted by Crippen LogP contribution is 2.18. The van der Waals surface area contributed by atoms with Gasteiger partial charge >= 0.3 is 0 Å². The molecule has 0 saturated carbocycles. The maximum atomic E-state index is 12.7.